The van der Waals surface area contributed by atoms with Gasteiger partial charge in [0.15, 0.2) is 4.34 Å². The fraction of sp³-hybridized carbons (Fsp3) is 0.778. The normalized spacial score (nSPS) is 12.9. The van der Waals surface area contributed by atoms with Gasteiger partial charge in [-0.3, -0.25) is 0 Å². The fourth-order valence-corrected chi connectivity index (χ4v) is 2.84. The van der Waals surface area contributed by atoms with Gasteiger partial charge in [0.25, 0.3) is 0 Å². The topological polar surface area (TPSA) is 47.0 Å². The van der Waals surface area contributed by atoms with Crippen LogP contribution in [0.25, 0.3) is 0 Å². The van der Waals surface area contributed by atoms with E-state index in [0.717, 1.165) is 30.5 Å². The Labute approximate surface area is 98.8 Å². The van der Waals surface area contributed by atoms with Crippen LogP contribution in [0.5, 0.6) is 0 Å². The lowest BCUT2D eigenvalue weighted by Crippen LogP contribution is -2.24. The second kappa shape index (κ2) is 8.04. The number of thioether (sulfide) groups is 1. The van der Waals surface area contributed by atoms with Crippen molar-refractivity contribution in [3.8, 4) is 0 Å². The van der Waals surface area contributed by atoms with E-state index in [1.807, 2.05) is 0 Å². The minimum atomic E-state index is 0.528. The van der Waals surface area contributed by atoms with Crippen molar-refractivity contribution in [2.24, 2.45) is 0 Å². The van der Waals surface area contributed by atoms with Crippen molar-refractivity contribution in [3.05, 3.63) is 5.51 Å². The fourth-order valence-electron chi connectivity index (χ4n) is 1.07. The summed E-state index contributed by atoms with van der Waals surface area (Å²) in [5.74, 6) is 0. The molecule has 0 aliphatic heterocycles. The molecule has 15 heavy (non-hydrogen) atoms. The van der Waals surface area contributed by atoms with Crippen LogP contribution in [0, 0.1) is 0 Å². The summed E-state index contributed by atoms with van der Waals surface area (Å²) in [4.78, 5) is 0. The van der Waals surface area contributed by atoms with E-state index in [0.29, 0.717) is 5.25 Å². The van der Waals surface area contributed by atoms with Gasteiger partial charge in [0.05, 0.1) is 0 Å². The molecule has 0 spiro atoms. The molecule has 1 N–H and O–H groups in total. The third-order valence-electron chi connectivity index (χ3n) is 1.78. The van der Waals surface area contributed by atoms with E-state index >= 15 is 0 Å². The predicted molar refractivity (Wildman–Crippen MR) is 64.6 cm³/mol. The highest BCUT2D eigenvalue weighted by Crippen LogP contribution is 2.23. The third kappa shape index (κ3) is 6.09. The molecule has 0 aliphatic carbocycles. The Kier molecular flexibility index (Phi) is 6.91. The molecule has 0 fully saturated rings. The van der Waals surface area contributed by atoms with Gasteiger partial charge in [0.1, 0.15) is 5.51 Å². The average molecular weight is 247 g/mol. The standard InChI is InChI=1S/C9H17N3OS2/c1-8(6-10-4-3-5-13-2)15-9-12-11-7-14-9/h7-8,10H,3-6H2,1-2H3. The van der Waals surface area contributed by atoms with Crippen LogP contribution < -0.4 is 5.32 Å². The zero-order valence-corrected chi connectivity index (χ0v) is 10.7. The van der Waals surface area contributed by atoms with Crippen LogP contribution in [-0.2, 0) is 4.74 Å². The number of nitrogens with one attached hydrogen (secondary N) is 1. The Morgan fingerprint density at radius 1 is 1.67 bits per heavy atom. The van der Waals surface area contributed by atoms with Crippen molar-refractivity contribution in [1.82, 2.24) is 15.5 Å². The van der Waals surface area contributed by atoms with E-state index in [1.165, 1.54) is 0 Å². The van der Waals surface area contributed by atoms with Gasteiger partial charge in [-0.2, -0.15) is 0 Å². The highest BCUT2D eigenvalue weighted by Gasteiger charge is 2.05. The van der Waals surface area contributed by atoms with Crippen LogP contribution in [0.4, 0.5) is 0 Å². The molecule has 1 atom stereocenters. The maximum atomic E-state index is 4.97. The van der Waals surface area contributed by atoms with Gasteiger partial charge < -0.3 is 10.1 Å². The van der Waals surface area contributed by atoms with Crippen LogP contribution in [0.3, 0.4) is 0 Å². The van der Waals surface area contributed by atoms with Gasteiger partial charge in [-0.25, -0.2) is 0 Å². The molecule has 1 aromatic rings. The molecule has 0 aromatic carbocycles. The molecule has 1 heterocycles. The highest BCUT2D eigenvalue weighted by molar-refractivity contribution is 8.01. The monoisotopic (exact) mass is 247 g/mol. The third-order valence-corrected chi connectivity index (χ3v) is 3.69. The molecule has 0 aliphatic rings. The van der Waals surface area contributed by atoms with E-state index in [4.69, 9.17) is 4.74 Å². The molecule has 4 nitrogen and oxygen atoms in total. The summed E-state index contributed by atoms with van der Waals surface area (Å²) in [6.07, 6.45) is 1.06. The largest absolute Gasteiger partial charge is 0.385 e. The van der Waals surface area contributed by atoms with Gasteiger partial charge in [-0.15, -0.1) is 10.2 Å². The van der Waals surface area contributed by atoms with Crippen LogP contribution in [0.1, 0.15) is 13.3 Å². The first kappa shape index (κ1) is 12.9. The lowest BCUT2D eigenvalue weighted by atomic mass is 10.4. The Bertz CT molecular complexity index is 244. The van der Waals surface area contributed by atoms with Crippen molar-refractivity contribution < 1.29 is 4.74 Å². The Balaban J connectivity index is 2.01. The summed E-state index contributed by atoms with van der Waals surface area (Å²) in [7, 11) is 1.73. The summed E-state index contributed by atoms with van der Waals surface area (Å²) in [6.45, 7) is 5.02. The van der Waals surface area contributed by atoms with Crippen molar-refractivity contribution in [2.45, 2.75) is 22.9 Å². The maximum Gasteiger partial charge on any atom is 0.174 e. The van der Waals surface area contributed by atoms with Gasteiger partial charge in [-0.05, 0) is 13.0 Å². The molecule has 0 bridgehead atoms. The maximum absolute atomic E-state index is 4.97. The van der Waals surface area contributed by atoms with E-state index < -0.39 is 0 Å². The van der Waals surface area contributed by atoms with E-state index in [-0.39, 0.29) is 0 Å². The van der Waals surface area contributed by atoms with E-state index in [2.05, 4.69) is 22.4 Å². The van der Waals surface area contributed by atoms with Gasteiger partial charge >= 0.3 is 0 Å². The van der Waals surface area contributed by atoms with Crippen molar-refractivity contribution in [1.29, 1.82) is 0 Å². The Morgan fingerprint density at radius 2 is 2.53 bits per heavy atom. The van der Waals surface area contributed by atoms with Crippen molar-refractivity contribution in [3.63, 3.8) is 0 Å². The molecule has 1 aromatic heterocycles. The lowest BCUT2D eigenvalue weighted by molar-refractivity contribution is 0.194. The van der Waals surface area contributed by atoms with Crippen LogP contribution >= 0.6 is 23.1 Å². The summed E-state index contributed by atoms with van der Waals surface area (Å²) in [6, 6.07) is 0. The number of hydrogen-bond acceptors (Lipinski definition) is 6. The molecule has 86 valence electrons. The molecule has 1 unspecified atom stereocenters. The summed E-state index contributed by atoms with van der Waals surface area (Å²) in [5, 5.41) is 11.7. The number of ether oxygens (including phenoxy) is 1. The van der Waals surface area contributed by atoms with Crippen LogP contribution in [-0.4, -0.2) is 42.3 Å². The molecule has 0 saturated heterocycles. The first-order valence-corrected chi connectivity index (χ1v) is 6.71. The Hall–Kier alpha value is -0.170. The lowest BCUT2D eigenvalue weighted by Gasteiger charge is -2.09. The van der Waals surface area contributed by atoms with Crippen LogP contribution in [0.15, 0.2) is 9.85 Å². The number of hydrogen-bond donors (Lipinski definition) is 1. The number of aromatic nitrogens is 2. The summed E-state index contributed by atoms with van der Waals surface area (Å²) < 4.78 is 6.02. The first-order valence-electron chi connectivity index (χ1n) is 4.95. The second-order valence-corrected chi connectivity index (χ2v) is 5.70. The minimum absolute atomic E-state index is 0.528. The van der Waals surface area contributed by atoms with Gasteiger partial charge in [0, 0.05) is 25.5 Å². The van der Waals surface area contributed by atoms with Crippen molar-refractivity contribution >= 4 is 23.1 Å². The molecular formula is C9H17N3OS2. The SMILES string of the molecule is COCCCNCC(C)Sc1nncs1. The predicted octanol–water partition coefficient (Wildman–Crippen LogP) is 1.64. The minimum Gasteiger partial charge on any atom is -0.385 e. The Morgan fingerprint density at radius 3 is 3.20 bits per heavy atom. The molecule has 1 rings (SSSR count). The number of methoxy groups -OCH3 is 1. The average Bonchev–Trinajstić information content (AvgIpc) is 2.70. The quantitative estimate of drug-likeness (QED) is 0.559. The van der Waals surface area contributed by atoms with Gasteiger partial charge in [-0.1, -0.05) is 30.0 Å². The first-order chi connectivity index (χ1) is 7.33. The highest BCUT2D eigenvalue weighted by atomic mass is 32.2. The number of rotatable bonds is 8. The molecule has 0 amide bonds. The molecule has 6 heteroatoms. The zero-order chi connectivity index (χ0) is 10.9. The van der Waals surface area contributed by atoms with Crippen molar-refractivity contribution in [2.75, 3.05) is 26.8 Å². The van der Waals surface area contributed by atoms with E-state index in [9.17, 15) is 0 Å². The van der Waals surface area contributed by atoms with Gasteiger partial charge in [0.2, 0.25) is 0 Å². The smallest absolute Gasteiger partial charge is 0.174 e. The van der Waals surface area contributed by atoms with E-state index in [1.54, 1.807) is 35.7 Å². The van der Waals surface area contributed by atoms with Crippen LogP contribution in [0.2, 0.25) is 0 Å². The second-order valence-electron chi connectivity index (χ2n) is 3.18. The zero-order valence-electron chi connectivity index (χ0n) is 9.10. The number of nitrogens with zero attached hydrogens (tertiary/aromatic N) is 2. The summed E-state index contributed by atoms with van der Waals surface area (Å²) in [5.41, 5.74) is 1.76. The molecule has 0 saturated carbocycles. The summed E-state index contributed by atoms with van der Waals surface area (Å²) >= 11 is 3.36. The molecule has 0 radical (unpaired) electrons. The molecular weight excluding hydrogens is 230 g/mol.